The summed E-state index contributed by atoms with van der Waals surface area (Å²) in [6, 6.07) is 5.10. The van der Waals surface area contributed by atoms with E-state index in [1.54, 1.807) is 12.1 Å². The normalized spacial score (nSPS) is 36.1. The van der Waals surface area contributed by atoms with Gasteiger partial charge in [-0.05, 0) is 62.3 Å². The molecule has 1 heterocycles. The fourth-order valence-corrected chi connectivity index (χ4v) is 5.85. The molecule has 0 atom stereocenters. The minimum atomic E-state index is -0.344. The van der Waals surface area contributed by atoms with Gasteiger partial charge in [0.15, 0.2) is 0 Å². The van der Waals surface area contributed by atoms with Gasteiger partial charge in [0.05, 0.1) is 22.3 Å². The molecule has 1 aromatic carbocycles. The number of non-ortho nitro benzene ring substituents is 1. The van der Waals surface area contributed by atoms with Gasteiger partial charge in [-0.25, -0.2) is 4.98 Å². The van der Waals surface area contributed by atoms with E-state index in [4.69, 9.17) is 0 Å². The van der Waals surface area contributed by atoms with Crippen LogP contribution in [0.1, 0.15) is 38.5 Å². The fraction of sp³-hybridized carbons (Fsp3) is 0.588. The van der Waals surface area contributed by atoms with Gasteiger partial charge in [0.25, 0.3) is 5.69 Å². The summed E-state index contributed by atoms with van der Waals surface area (Å²) in [6.45, 7) is 0. The van der Waals surface area contributed by atoms with Crippen molar-refractivity contribution in [1.82, 2.24) is 9.55 Å². The van der Waals surface area contributed by atoms with Crippen LogP contribution in [0.15, 0.2) is 24.5 Å². The Morgan fingerprint density at radius 3 is 2.36 bits per heavy atom. The van der Waals surface area contributed by atoms with E-state index in [0.29, 0.717) is 0 Å². The van der Waals surface area contributed by atoms with E-state index in [9.17, 15) is 10.1 Å². The van der Waals surface area contributed by atoms with Gasteiger partial charge in [-0.3, -0.25) is 10.1 Å². The molecule has 22 heavy (non-hydrogen) atoms. The van der Waals surface area contributed by atoms with E-state index in [1.165, 1.54) is 38.5 Å². The molecular weight excluding hydrogens is 278 g/mol. The lowest BCUT2D eigenvalue weighted by Crippen LogP contribution is -2.51. The van der Waals surface area contributed by atoms with Crippen molar-refractivity contribution >= 4 is 16.7 Å². The quantitative estimate of drug-likeness (QED) is 0.624. The number of hydrogen-bond acceptors (Lipinski definition) is 3. The molecule has 0 unspecified atom stereocenters. The molecule has 5 nitrogen and oxygen atoms in total. The molecule has 0 spiro atoms. The van der Waals surface area contributed by atoms with Crippen LogP contribution in [0.4, 0.5) is 5.69 Å². The van der Waals surface area contributed by atoms with Crippen molar-refractivity contribution in [3.63, 3.8) is 0 Å². The number of hydrogen-bond donors (Lipinski definition) is 0. The molecule has 2 aromatic rings. The molecule has 4 bridgehead atoms. The standard InChI is InChI=1S/C17H19N3O2/c21-20(22)14-1-2-16-15(6-14)18-10-19(16)17-7-11-3-12(8-17)5-13(4-11)9-17/h1-2,6,10-13H,3-5,7-9H2. The average Bonchev–Trinajstić information content (AvgIpc) is 2.89. The van der Waals surface area contributed by atoms with E-state index in [0.717, 1.165) is 28.8 Å². The summed E-state index contributed by atoms with van der Waals surface area (Å²) in [5, 5.41) is 10.9. The van der Waals surface area contributed by atoms with Crippen LogP contribution in [0.3, 0.4) is 0 Å². The first-order chi connectivity index (χ1) is 10.6. The van der Waals surface area contributed by atoms with Crippen molar-refractivity contribution in [2.24, 2.45) is 17.8 Å². The van der Waals surface area contributed by atoms with Crippen molar-refractivity contribution in [3.05, 3.63) is 34.6 Å². The molecule has 0 radical (unpaired) electrons. The van der Waals surface area contributed by atoms with Gasteiger partial charge < -0.3 is 4.57 Å². The number of rotatable bonds is 2. The van der Waals surface area contributed by atoms with E-state index in [1.807, 2.05) is 12.4 Å². The van der Waals surface area contributed by atoms with Crippen LogP contribution in [0.2, 0.25) is 0 Å². The monoisotopic (exact) mass is 297 g/mol. The number of fused-ring (bicyclic) bond motifs is 1. The van der Waals surface area contributed by atoms with Crippen LogP contribution >= 0.6 is 0 Å². The van der Waals surface area contributed by atoms with Crippen molar-refractivity contribution in [1.29, 1.82) is 0 Å². The highest BCUT2D eigenvalue weighted by atomic mass is 16.6. The first-order valence-corrected chi connectivity index (χ1v) is 8.25. The Balaban J connectivity index is 1.63. The minimum absolute atomic E-state index is 0.128. The average molecular weight is 297 g/mol. The van der Waals surface area contributed by atoms with Crippen molar-refractivity contribution in [2.45, 2.75) is 44.1 Å². The van der Waals surface area contributed by atoms with Gasteiger partial charge in [-0.15, -0.1) is 0 Å². The van der Waals surface area contributed by atoms with Crippen molar-refractivity contribution in [3.8, 4) is 0 Å². The Hall–Kier alpha value is -1.91. The van der Waals surface area contributed by atoms with Crippen LogP contribution in [-0.2, 0) is 5.54 Å². The van der Waals surface area contributed by atoms with E-state index in [-0.39, 0.29) is 16.1 Å². The largest absolute Gasteiger partial charge is 0.324 e. The molecule has 4 aliphatic carbocycles. The summed E-state index contributed by atoms with van der Waals surface area (Å²) in [5.41, 5.74) is 2.17. The smallest absolute Gasteiger partial charge is 0.271 e. The molecule has 0 amide bonds. The van der Waals surface area contributed by atoms with Crippen LogP contribution in [0, 0.1) is 27.9 Å². The molecular formula is C17H19N3O2. The zero-order valence-corrected chi connectivity index (χ0v) is 12.4. The Morgan fingerprint density at radius 2 is 1.77 bits per heavy atom. The number of nitro groups is 1. The van der Waals surface area contributed by atoms with Crippen molar-refractivity contribution in [2.75, 3.05) is 0 Å². The molecule has 5 heteroatoms. The topological polar surface area (TPSA) is 61.0 Å². The molecule has 1 aromatic heterocycles. The fourth-order valence-electron chi connectivity index (χ4n) is 5.85. The van der Waals surface area contributed by atoms with Gasteiger partial charge in [-0.1, -0.05) is 0 Å². The lowest BCUT2D eigenvalue weighted by Gasteiger charge is -2.57. The van der Waals surface area contributed by atoms with Gasteiger partial charge in [0.2, 0.25) is 0 Å². The van der Waals surface area contributed by atoms with Gasteiger partial charge >= 0.3 is 0 Å². The Kier molecular flexibility index (Phi) is 2.34. The molecule has 0 saturated heterocycles. The Morgan fingerprint density at radius 1 is 1.14 bits per heavy atom. The summed E-state index contributed by atoms with van der Waals surface area (Å²) >= 11 is 0. The number of aromatic nitrogens is 2. The minimum Gasteiger partial charge on any atom is -0.324 e. The second-order valence-corrected chi connectivity index (χ2v) is 7.69. The number of nitro benzene ring substituents is 1. The second-order valence-electron chi connectivity index (χ2n) is 7.69. The Bertz CT molecular complexity index is 744. The highest BCUT2D eigenvalue weighted by Crippen LogP contribution is 2.59. The van der Waals surface area contributed by atoms with Crippen LogP contribution in [0.25, 0.3) is 11.0 Å². The maximum Gasteiger partial charge on any atom is 0.271 e. The third-order valence-electron chi connectivity index (χ3n) is 6.26. The number of imidazole rings is 1. The number of nitrogens with zero attached hydrogens (tertiary/aromatic N) is 3. The van der Waals surface area contributed by atoms with Crippen molar-refractivity contribution < 1.29 is 4.92 Å². The van der Waals surface area contributed by atoms with E-state index >= 15 is 0 Å². The molecule has 0 aliphatic heterocycles. The highest BCUT2D eigenvalue weighted by molar-refractivity contribution is 5.78. The summed E-state index contributed by atoms with van der Waals surface area (Å²) in [7, 11) is 0. The van der Waals surface area contributed by atoms with Crippen LogP contribution in [-0.4, -0.2) is 14.5 Å². The predicted molar refractivity (Wildman–Crippen MR) is 82.5 cm³/mol. The second kappa shape index (κ2) is 4.09. The maximum atomic E-state index is 10.9. The predicted octanol–water partition coefficient (Wildman–Crippen LogP) is 3.87. The number of benzene rings is 1. The lowest BCUT2D eigenvalue weighted by atomic mass is 9.53. The lowest BCUT2D eigenvalue weighted by molar-refractivity contribution is -0.384. The van der Waals surface area contributed by atoms with Gasteiger partial charge in [0.1, 0.15) is 0 Å². The maximum absolute atomic E-state index is 10.9. The third-order valence-corrected chi connectivity index (χ3v) is 6.26. The molecule has 0 N–H and O–H groups in total. The molecule has 4 saturated carbocycles. The van der Waals surface area contributed by atoms with E-state index in [2.05, 4.69) is 9.55 Å². The molecule has 4 aliphatic rings. The third kappa shape index (κ3) is 1.62. The molecule has 4 fully saturated rings. The van der Waals surface area contributed by atoms with Gasteiger partial charge in [-0.2, -0.15) is 0 Å². The highest BCUT2D eigenvalue weighted by Gasteiger charge is 2.52. The SMILES string of the molecule is O=[N+]([O-])c1ccc2c(c1)ncn2C12CC3CC(CC(C3)C1)C2. The first-order valence-electron chi connectivity index (χ1n) is 8.25. The van der Waals surface area contributed by atoms with E-state index < -0.39 is 0 Å². The Labute approximate surface area is 128 Å². The van der Waals surface area contributed by atoms with Gasteiger partial charge in [0, 0.05) is 17.7 Å². The summed E-state index contributed by atoms with van der Waals surface area (Å²) < 4.78 is 2.36. The van der Waals surface area contributed by atoms with Crippen LogP contribution < -0.4 is 0 Å². The zero-order valence-electron chi connectivity index (χ0n) is 12.4. The van der Waals surface area contributed by atoms with Crippen LogP contribution in [0.5, 0.6) is 0 Å². The summed E-state index contributed by atoms with van der Waals surface area (Å²) in [6.07, 6.45) is 9.97. The summed E-state index contributed by atoms with van der Waals surface area (Å²) in [4.78, 5) is 15.1. The molecule has 6 rings (SSSR count). The summed E-state index contributed by atoms with van der Waals surface area (Å²) in [5.74, 6) is 2.63. The molecule has 114 valence electrons. The first kappa shape index (κ1) is 12.6. The zero-order chi connectivity index (χ0) is 14.9.